The van der Waals surface area contributed by atoms with Crippen LogP contribution in [0.2, 0.25) is 0 Å². The Kier molecular flexibility index (Phi) is 3.09. The molecule has 0 bridgehead atoms. The third-order valence-corrected chi connectivity index (χ3v) is 4.03. The van der Waals surface area contributed by atoms with Crippen LogP contribution in [0, 0.1) is 13.8 Å². The predicted molar refractivity (Wildman–Crippen MR) is 79.8 cm³/mol. The van der Waals surface area contributed by atoms with Gasteiger partial charge in [0, 0.05) is 11.1 Å². The average Bonchev–Trinajstić information content (AvgIpc) is 2.56. The van der Waals surface area contributed by atoms with Crippen LogP contribution < -0.4 is 4.74 Å². The minimum absolute atomic E-state index is 0.116. The van der Waals surface area contributed by atoms with Gasteiger partial charge < -0.3 is 4.74 Å². The molecule has 0 aliphatic heterocycles. The molecule has 0 saturated heterocycles. The molecule has 0 amide bonds. The largest absolute Gasteiger partial charge is 0.496 e. The van der Waals surface area contributed by atoms with Crippen molar-refractivity contribution in [3.63, 3.8) is 0 Å². The fourth-order valence-corrected chi connectivity index (χ4v) is 2.95. The first kappa shape index (κ1) is 12.9. The van der Waals surface area contributed by atoms with Crippen LogP contribution in [0.25, 0.3) is 0 Å². The first-order valence-corrected chi connectivity index (χ1v) is 6.92. The first-order chi connectivity index (χ1) is 9.60. The van der Waals surface area contributed by atoms with Gasteiger partial charge in [0.1, 0.15) is 5.75 Å². The number of rotatable bonds is 1. The zero-order valence-corrected chi connectivity index (χ0v) is 12.1. The zero-order chi connectivity index (χ0) is 14.3. The molecule has 102 valence electrons. The van der Waals surface area contributed by atoms with Gasteiger partial charge in [-0.05, 0) is 49.4 Å². The number of hydrogen-bond acceptors (Lipinski definition) is 2. The van der Waals surface area contributed by atoms with Crippen LogP contribution in [-0.2, 0) is 12.8 Å². The Morgan fingerprint density at radius 3 is 2.35 bits per heavy atom. The number of carbonyl (C=O) groups is 1. The normalized spacial score (nSPS) is 13.4. The van der Waals surface area contributed by atoms with Gasteiger partial charge in [-0.25, -0.2) is 0 Å². The summed E-state index contributed by atoms with van der Waals surface area (Å²) in [7, 11) is 1.65. The third-order valence-electron chi connectivity index (χ3n) is 4.03. The van der Waals surface area contributed by atoms with Crippen LogP contribution in [0.1, 0.15) is 38.2 Å². The van der Waals surface area contributed by atoms with E-state index in [9.17, 15) is 4.79 Å². The number of ketones is 1. The standard InChI is InChI=1S/C18H18O2/c1-11-4-7-15-13(8-11)5-6-14-9-12(2)17(20-3)10-16(14)18(15)19/h4,7-10H,5-6H2,1-3H3. The van der Waals surface area contributed by atoms with Crippen molar-refractivity contribution in [1.82, 2.24) is 0 Å². The molecular weight excluding hydrogens is 248 g/mol. The minimum Gasteiger partial charge on any atom is -0.496 e. The van der Waals surface area contributed by atoms with E-state index in [1.54, 1.807) is 7.11 Å². The lowest BCUT2D eigenvalue weighted by Crippen LogP contribution is -2.05. The van der Waals surface area contributed by atoms with Gasteiger partial charge in [-0.2, -0.15) is 0 Å². The molecule has 2 nitrogen and oxygen atoms in total. The highest BCUT2D eigenvalue weighted by Gasteiger charge is 2.22. The summed E-state index contributed by atoms with van der Waals surface area (Å²) in [5, 5.41) is 0. The Balaban J connectivity index is 2.18. The number of carbonyl (C=O) groups excluding carboxylic acids is 1. The molecular formula is C18H18O2. The highest BCUT2D eigenvalue weighted by atomic mass is 16.5. The number of fused-ring (bicyclic) bond motifs is 2. The van der Waals surface area contributed by atoms with E-state index < -0.39 is 0 Å². The summed E-state index contributed by atoms with van der Waals surface area (Å²) in [4.78, 5) is 12.8. The molecule has 20 heavy (non-hydrogen) atoms. The van der Waals surface area contributed by atoms with Gasteiger partial charge in [-0.15, -0.1) is 0 Å². The van der Waals surface area contributed by atoms with Gasteiger partial charge in [-0.3, -0.25) is 4.79 Å². The van der Waals surface area contributed by atoms with E-state index in [0.717, 1.165) is 46.4 Å². The molecule has 0 spiro atoms. The lowest BCUT2D eigenvalue weighted by Gasteiger charge is -2.11. The number of ether oxygens (including phenoxy) is 1. The molecule has 0 unspecified atom stereocenters. The monoisotopic (exact) mass is 266 g/mol. The van der Waals surface area contributed by atoms with E-state index in [1.807, 2.05) is 25.1 Å². The van der Waals surface area contributed by atoms with Crippen LogP contribution in [0.4, 0.5) is 0 Å². The van der Waals surface area contributed by atoms with E-state index in [4.69, 9.17) is 4.74 Å². The molecule has 0 heterocycles. The van der Waals surface area contributed by atoms with Gasteiger partial charge in [-0.1, -0.05) is 29.8 Å². The van der Waals surface area contributed by atoms with Crippen LogP contribution in [-0.4, -0.2) is 12.9 Å². The van der Waals surface area contributed by atoms with Gasteiger partial charge >= 0.3 is 0 Å². The van der Waals surface area contributed by atoms with Crippen molar-refractivity contribution in [1.29, 1.82) is 0 Å². The van der Waals surface area contributed by atoms with Crippen molar-refractivity contribution in [2.45, 2.75) is 26.7 Å². The second-order valence-corrected chi connectivity index (χ2v) is 5.47. The zero-order valence-electron chi connectivity index (χ0n) is 12.1. The Morgan fingerprint density at radius 2 is 1.65 bits per heavy atom. The number of aryl methyl sites for hydroxylation is 4. The summed E-state index contributed by atoms with van der Waals surface area (Å²) in [6.07, 6.45) is 1.82. The highest BCUT2D eigenvalue weighted by molar-refractivity contribution is 6.11. The quantitative estimate of drug-likeness (QED) is 0.787. The molecule has 3 rings (SSSR count). The first-order valence-electron chi connectivity index (χ1n) is 6.92. The minimum atomic E-state index is 0.116. The van der Waals surface area contributed by atoms with E-state index in [1.165, 1.54) is 5.56 Å². The van der Waals surface area contributed by atoms with Crippen LogP contribution in [0.3, 0.4) is 0 Å². The number of methoxy groups -OCH3 is 1. The predicted octanol–water partition coefficient (Wildman–Crippen LogP) is 3.64. The topological polar surface area (TPSA) is 26.3 Å². The SMILES string of the molecule is COc1cc2c(cc1C)CCc1cc(C)ccc1C2=O. The van der Waals surface area contributed by atoms with E-state index in [2.05, 4.69) is 19.1 Å². The molecule has 1 aliphatic carbocycles. The van der Waals surface area contributed by atoms with E-state index in [-0.39, 0.29) is 5.78 Å². The average molecular weight is 266 g/mol. The molecule has 0 atom stereocenters. The van der Waals surface area contributed by atoms with Crippen LogP contribution in [0.5, 0.6) is 5.75 Å². The van der Waals surface area contributed by atoms with Crippen molar-refractivity contribution >= 4 is 5.78 Å². The van der Waals surface area contributed by atoms with Gasteiger partial charge in [0.25, 0.3) is 0 Å². The Morgan fingerprint density at radius 1 is 0.950 bits per heavy atom. The maximum absolute atomic E-state index is 12.8. The van der Waals surface area contributed by atoms with Crippen molar-refractivity contribution in [2.24, 2.45) is 0 Å². The Labute approximate surface area is 119 Å². The summed E-state index contributed by atoms with van der Waals surface area (Å²) >= 11 is 0. The summed E-state index contributed by atoms with van der Waals surface area (Å²) < 4.78 is 5.36. The molecule has 2 heteroatoms. The molecule has 2 aromatic rings. The maximum atomic E-state index is 12.8. The van der Waals surface area contributed by atoms with Crippen molar-refractivity contribution < 1.29 is 9.53 Å². The lowest BCUT2D eigenvalue weighted by atomic mass is 9.96. The van der Waals surface area contributed by atoms with Crippen molar-refractivity contribution in [3.8, 4) is 5.75 Å². The van der Waals surface area contributed by atoms with Crippen LogP contribution >= 0.6 is 0 Å². The fraction of sp³-hybridized carbons (Fsp3) is 0.278. The molecule has 1 aliphatic rings. The number of hydrogen-bond donors (Lipinski definition) is 0. The lowest BCUT2D eigenvalue weighted by molar-refractivity contribution is 0.103. The van der Waals surface area contributed by atoms with Gasteiger partial charge in [0.2, 0.25) is 0 Å². The van der Waals surface area contributed by atoms with Gasteiger partial charge in [0.05, 0.1) is 7.11 Å². The van der Waals surface area contributed by atoms with Gasteiger partial charge in [0.15, 0.2) is 5.78 Å². The fourth-order valence-electron chi connectivity index (χ4n) is 2.95. The smallest absolute Gasteiger partial charge is 0.193 e. The highest BCUT2D eigenvalue weighted by Crippen LogP contribution is 2.30. The maximum Gasteiger partial charge on any atom is 0.193 e. The molecule has 0 saturated carbocycles. The molecule has 0 N–H and O–H groups in total. The molecule has 2 aromatic carbocycles. The van der Waals surface area contributed by atoms with E-state index in [0.29, 0.717) is 0 Å². The summed E-state index contributed by atoms with van der Waals surface area (Å²) in [5.74, 6) is 0.901. The van der Waals surface area contributed by atoms with Crippen LogP contribution in [0.15, 0.2) is 30.3 Å². The molecule has 0 radical (unpaired) electrons. The Hall–Kier alpha value is -2.09. The Bertz CT molecular complexity index is 699. The second kappa shape index (κ2) is 4.78. The summed E-state index contributed by atoms with van der Waals surface area (Å²) in [5.41, 5.74) is 6.19. The van der Waals surface area contributed by atoms with Crippen molar-refractivity contribution in [2.75, 3.05) is 7.11 Å². The molecule has 0 fully saturated rings. The third kappa shape index (κ3) is 2.01. The van der Waals surface area contributed by atoms with Crippen molar-refractivity contribution in [3.05, 3.63) is 63.7 Å². The van der Waals surface area contributed by atoms with E-state index >= 15 is 0 Å². The second-order valence-electron chi connectivity index (χ2n) is 5.47. The summed E-state index contributed by atoms with van der Waals surface area (Å²) in [6.45, 7) is 4.09. The molecule has 0 aromatic heterocycles. The number of benzene rings is 2. The summed E-state index contributed by atoms with van der Waals surface area (Å²) in [6, 6.07) is 10.1.